The number of hydrogen-bond acceptors (Lipinski definition) is 4. The zero-order chi connectivity index (χ0) is 16.7. The standard InChI is InChI=1S/C15H20N2O4S/c1-5-9(2)14-15(19)16-12-8-11(22(4,20)21)6-7-13(12)17(14)10(3)18/h6-9,14H,5H2,1-4H3,(H,16,19)/t9-,14?/m1/s1. The van der Waals surface area contributed by atoms with E-state index in [0.29, 0.717) is 11.4 Å². The van der Waals surface area contributed by atoms with Gasteiger partial charge < -0.3 is 5.32 Å². The molecule has 6 nitrogen and oxygen atoms in total. The molecule has 1 aromatic carbocycles. The largest absolute Gasteiger partial charge is 0.322 e. The number of carbonyl (C=O) groups excluding carboxylic acids is 2. The third-order valence-electron chi connectivity index (χ3n) is 3.98. The van der Waals surface area contributed by atoms with Gasteiger partial charge >= 0.3 is 0 Å². The van der Waals surface area contributed by atoms with E-state index >= 15 is 0 Å². The third-order valence-corrected chi connectivity index (χ3v) is 5.09. The van der Waals surface area contributed by atoms with Gasteiger partial charge in [-0.2, -0.15) is 0 Å². The Balaban J connectivity index is 2.59. The first-order chi connectivity index (χ1) is 10.2. The summed E-state index contributed by atoms with van der Waals surface area (Å²) in [5, 5.41) is 2.73. The second-order valence-electron chi connectivity index (χ2n) is 5.66. The van der Waals surface area contributed by atoms with Crippen molar-refractivity contribution in [2.45, 2.75) is 38.1 Å². The van der Waals surface area contributed by atoms with Crippen LogP contribution in [0, 0.1) is 5.92 Å². The van der Waals surface area contributed by atoms with Crippen molar-refractivity contribution in [1.29, 1.82) is 0 Å². The van der Waals surface area contributed by atoms with Gasteiger partial charge in [-0.25, -0.2) is 8.42 Å². The van der Waals surface area contributed by atoms with Gasteiger partial charge in [0.15, 0.2) is 9.84 Å². The molecule has 0 saturated heterocycles. The number of amides is 2. The van der Waals surface area contributed by atoms with Crippen LogP contribution in [0.15, 0.2) is 23.1 Å². The SMILES string of the molecule is CC[C@@H](C)C1C(=O)Nc2cc(S(C)(=O)=O)ccc2N1C(C)=O. The molecule has 1 aromatic rings. The third kappa shape index (κ3) is 2.85. The molecule has 0 aromatic heterocycles. The van der Waals surface area contributed by atoms with Gasteiger partial charge in [-0.05, 0) is 24.1 Å². The maximum absolute atomic E-state index is 12.4. The van der Waals surface area contributed by atoms with Crippen LogP contribution >= 0.6 is 0 Å². The fourth-order valence-electron chi connectivity index (χ4n) is 2.63. The highest BCUT2D eigenvalue weighted by Crippen LogP contribution is 2.36. The number of anilines is 2. The van der Waals surface area contributed by atoms with Crippen LogP contribution in [-0.4, -0.2) is 32.5 Å². The van der Waals surface area contributed by atoms with Gasteiger partial charge in [-0.15, -0.1) is 0 Å². The number of nitrogens with zero attached hydrogens (tertiary/aromatic N) is 1. The normalized spacial score (nSPS) is 19.4. The van der Waals surface area contributed by atoms with Crippen molar-refractivity contribution in [2.75, 3.05) is 16.5 Å². The maximum Gasteiger partial charge on any atom is 0.247 e. The average molecular weight is 324 g/mol. The van der Waals surface area contributed by atoms with Gasteiger partial charge in [0.1, 0.15) is 6.04 Å². The lowest BCUT2D eigenvalue weighted by Gasteiger charge is -2.38. The first-order valence-electron chi connectivity index (χ1n) is 7.11. The number of hydrogen-bond donors (Lipinski definition) is 1. The quantitative estimate of drug-likeness (QED) is 0.919. The lowest BCUT2D eigenvalue weighted by atomic mass is 9.94. The minimum absolute atomic E-state index is 0.00775. The van der Waals surface area contributed by atoms with Crippen molar-refractivity contribution >= 4 is 33.0 Å². The molecule has 2 amide bonds. The minimum Gasteiger partial charge on any atom is -0.322 e. The molecule has 0 fully saturated rings. The number of fused-ring (bicyclic) bond motifs is 1. The number of sulfone groups is 1. The molecule has 2 atom stereocenters. The highest BCUT2D eigenvalue weighted by molar-refractivity contribution is 7.90. The molecule has 0 radical (unpaired) electrons. The summed E-state index contributed by atoms with van der Waals surface area (Å²) in [4.78, 5) is 26.0. The summed E-state index contributed by atoms with van der Waals surface area (Å²) < 4.78 is 23.3. The summed E-state index contributed by atoms with van der Waals surface area (Å²) in [6.45, 7) is 5.27. The van der Waals surface area contributed by atoms with E-state index in [1.54, 1.807) is 6.07 Å². The van der Waals surface area contributed by atoms with Crippen LogP contribution in [0.4, 0.5) is 11.4 Å². The van der Waals surface area contributed by atoms with Gasteiger partial charge in [0.05, 0.1) is 16.3 Å². The molecule has 0 saturated carbocycles. The number of nitrogens with one attached hydrogen (secondary N) is 1. The second-order valence-corrected chi connectivity index (χ2v) is 7.68. The first kappa shape index (κ1) is 16.5. The molecular formula is C15H20N2O4S. The smallest absolute Gasteiger partial charge is 0.247 e. The van der Waals surface area contributed by atoms with Gasteiger partial charge in [-0.1, -0.05) is 20.3 Å². The summed E-state index contributed by atoms with van der Waals surface area (Å²) >= 11 is 0. The Labute approximate surface area is 130 Å². The zero-order valence-corrected chi connectivity index (χ0v) is 13.9. The monoisotopic (exact) mass is 324 g/mol. The molecule has 22 heavy (non-hydrogen) atoms. The van der Waals surface area contributed by atoms with Crippen molar-refractivity contribution in [3.63, 3.8) is 0 Å². The molecule has 1 heterocycles. The molecule has 1 unspecified atom stereocenters. The van der Waals surface area contributed by atoms with Gasteiger partial charge in [0.2, 0.25) is 11.8 Å². The number of benzene rings is 1. The van der Waals surface area contributed by atoms with Crippen molar-refractivity contribution in [2.24, 2.45) is 5.92 Å². The van der Waals surface area contributed by atoms with Gasteiger partial charge in [0, 0.05) is 13.2 Å². The van der Waals surface area contributed by atoms with Gasteiger partial charge in [0.25, 0.3) is 0 Å². The fraction of sp³-hybridized carbons (Fsp3) is 0.467. The summed E-state index contributed by atoms with van der Waals surface area (Å²) in [6, 6.07) is 3.83. The van der Waals surface area contributed by atoms with E-state index in [2.05, 4.69) is 5.32 Å². The van der Waals surface area contributed by atoms with Crippen molar-refractivity contribution in [1.82, 2.24) is 0 Å². The summed E-state index contributed by atoms with van der Waals surface area (Å²) in [5.41, 5.74) is 0.882. The van der Waals surface area contributed by atoms with Crippen LogP contribution in [0.25, 0.3) is 0 Å². The molecule has 120 valence electrons. The van der Waals surface area contributed by atoms with E-state index in [0.717, 1.165) is 12.7 Å². The Morgan fingerprint density at radius 1 is 1.41 bits per heavy atom. The zero-order valence-electron chi connectivity index (χ0n) is 13.1. The van der Waals surface area contributed by atoms with Crippen LogP contribution in [0.1, 0.15) is 27.2 Å². The van der Waals surface area contributed by atoms with E-state index in [9.17, 15) is 18.0 Å². The lowest BCUT2D eigenvalue weighted by molar-refractivity contribution is -0.123. The van der Waals surface area contributed by atoms with Crippen molar-refractivity contribution < 1.29 is 18.0 Å². The predicted octanol–water partition coefficient (Wildman–Crippen LogP) is 1.81. The highest BCUT2D eigenvalue weighted by Gasteiger charge is 2.38. The van der Waals surface area contributed by atoms with E-state index in [1.807, 2.05) is 13.8 Å². The molecule has 0 spiro atoms. The minimum atomic E-state index is -3.38. The van der Waals surface area contributed by atoms with E-state index in [-0.39, 0.29) is 22.6 Å². The second kappa shape index (κ2) is 5.72. The molecule has 7 heteroatoms. The van der Waals surface area contributed by atoms with E-state index in [1.165, 1.54) is 24.0 Å². The Hall–Kier alpha value is -1.89. The number of carbonyl (C=O) groups is 2. The molecule has 1 N–H and O–H groups in total. The lowest BCUT2D eigenvalue weighted by Crippen LogP contribution is -2.53. The van der Waals surface area contributed by atoms with E-state index < -0.39 is 15.9 Å². The van der Waals surface area contributed by atoms with Gasteiger partial charge in [-0.3, -0.25) is 14.5 Å². The van der Waals surface area contributed by atoms with Crippen molar-refractivity contribution in [3.8, 4) is 0 Å². The topological polar surface area (TPSA) is 83.6 Å². The Morgan fingerprint density at radius 3 is 2.55 bits per heavy atom. The van der Waals surface area contributed by atoms with Crippen molar-refractivity contribution in [3.05, 3.63) is 18.2 Å². The molecule has 0 aliphatic carbocycles. The van der Waals surface area contributed by atoms with Crippen LogP contribution in [-0.2, 0) is 19.4 Å². The summed E-state index contributed by atoms with van der Waals surface area (Å²) in [5.74, 6) is -0.539. The van der Waals surface area contributed by atoms with Crippen LogP contribution in [0.2, 0.25) is 0 Å². The molecule has 2 rings (SSSR count). The highest BCUT2D eigenvalue weighted by atomic mass is 32.2. The molecular weight excluding hydrogens is 304 g/mol. The first-order valence-corrected chi connectivity index (χ1v) is 9.00. The maximum atomic E-state index is 12.4. The summed E-state index contributed by atoms with van der Waals surface area (Å²) in [6.07, 6.45) is 1.85. The molecule has 1 aliphatic heterocycles. The molecule has 0 bridgehead atoms. The average Bonchev–Trinajstić information content (AvgIpc) is 2.43. The van der Waals surface area contributed by atoms with Crippen LogP contribution < -0.4 is 10.2 Å². The Bertz CT molecular complexity index is 727. The Kier molecular flexibility index (Phi) is 4.28. The Morgan fingerprint density at radius 2 is 2.05 bits per heavy atom. The van der Waals surface area contributed by atoms with Crippen LogP contribution in [0.3, 0.4) is 0 Å². The number of rotatable bonds is 3. The van der Waals surface area contributed by atoms with Crippen LogP contribution in [0.5, 0.6) is 0 Å². The molecule has 1 aliphatic rings. The predicted molar refractivity (Wildman–Crippen MR) is 84.6 cm³/mol. The van der Waals surface area contributed by atoms with E-state index in [4.69, 9.17) is 0 Å². The summed E-state index contributed by atoms with van der Waals surface area (Å²) in [7, 11) is -3.38. The fourth-order valence-corrected chi connectivity index (χ4v) is 3.28.